The summed E-state index contributed by atoms with van der Waals surface area (Å²) >= 11 is 0. The molecule has 1 saturated heterocycles. The highest BCUT2D eigenvalue weighted by molar-refractivity contribution is 7.90. The highest BCUT2D eigenvalue weighted by Gasteiger charge is 2.46. The van der Waals surface area contributed by atoms with Gasteiger partial charge in [0.1, 0.15) is 5.84 Å². The SMILES string of the molecule is [B][C@H]1/C(=N/S(=O)(=O)c2ccc([N+](=O)[O-])cc2)N(C2CCCCC2)[C@@H]1c1ccccc1. The van der Waals surface area contributed by atoms with Crippen molar-refractivity contribution < 1.29 is 13.3 Å². The molecule has 0 N–H and O–H groups in total. The van der Waals surface area contributed by atoms with Gasteiger partial charge in [0.05, 0.1) is 23.7 Å². The maximum absolute atomic E-state index is 12.9. The zero-order chi connectivity index (χ0) is 21.3. The Morgan fingerprint density at radius 2 is 1.63 bits per heavy atom. The monoisotopic (exact) mass is 423 g/mol. The molecule has 154 valence electrons. The lowest BCUT2D eigenvalue weighted by molar-refractivity contribution is -0.384. The summed E-state index contributed by atoms with van der Waals surface area (Å²) in [6.45, 7) is 0. The van der Waals surface area contributed by atoms with E-state index in [-0.39, 0.29) is 22.7 Å². The number of likely N-dealkylation sites (tertiary alicyclic amines) is 1. The van der Waals surface area contributed by atoms with Gasteiger partial charge in [-0.15, -0.1) is 4.40 Å². The molecule has 1 aliphatic carbocycles. The first kappa shape index (κ1) is 20.6. The smallest absolute Gasteiger partial charge is 0.283 e. The van der Waals surface area contributed by atoms with Gasteiger partial charge in [-0.3, -0.25) is 10.1 Å². The second kappa shape index (κ2) is 8.22. The molecule has 0 aromatic heterocycles. The van der Waals surface area contributed by atoms with Crippen molar-refractivity contribution in [1.29, 1.82) is 0 Å². The molecular formula is C21H22BN3O4S. The molecule has 0 spiro atoms. The quantitative estimate of drug-likeness (QED) is 0.411. The van der Waals surface area contributed by atoms with Crippen molar-refractivity contribution in [1.82, 2.24) is 4.90 Å². The predicted molar refractivity (Wildman–Crippen MR) is 115 cm³/mol. The number of hydrogen-bond acceptors (Lipinski definition) is 4. The normalized spacial score (nSPS) is 23.9. The lowest BCUT2D eigenvalue weighted by Gasteiger charge is -2.54. The fraction of sp³-hybridized carbons (Fsp3) is 0.381. The molecule has 0 amide bonds. The molecule has 2 radical (unpaired) electrons. The molecule has 7 nitrogen and oxygen atoms in total. The molecule has 1 heterocycles. The van der Waals surface area contributed by atoms with Gasteiger partial charge >= 0.3 is 0 Å². The first-order chi connectivity index (χ1) is 14.4. The molecule has 2 fully saturated rings. The van der Waals surface area contributed by atoms with E-state index in [1.165, 1.54) is 30.7 Å². The van der Waals surface area contributed by atoms with E-state index < -0.39 is 20.8 Å². The van der Waals surface area contributed by atoms with Gasteiger partial charge in [-0.2, -0.15) is 8.42 Å². The third-order valence-corrected chi connectivity index (χ3v) is 7.17. The van der Waals surface area contributed by atoms with Crippen LogP contribution in [-0.4, -0.2) is 38.0 Å². The summed E-state index contributed by atoms with van der Waals surface area (Å²) < 4.78 is 29.9. The van der Waals surface area contributed by atoms with Crippen LogP contribution in [0.5, 0.6) is 0 Å². The summed E-state index contributed by atoms with van der Waals surface area (Å²) in [5.41, 5.74) is 0.872. The van der Waals surface area contributed by atoms with Crippen LogP contribution in [0.2, 0.25) is 5.82 Å². The van der Waals surface area contributed by atoms with Crippen molar-refractivity contribution in [3.8, 4) is 0 Å². The first-order valence-electron chi connectivity index (χ1n) is 10.1. The zero-order valence-corrected chi connectivity index (χ0v) is 17.2. The Morgan fingerprint density at radius 3 is 2.23 bits per heavy atom. The number of rotatable bonds is 5. The summed E-state index contributed by atoms with van der Waals surface area (Å²) in [7, 11) is 2.39. The standard InChI is InChI=1S/C21H22BN3O4S/c22-19-20(15-7-3-1-4-8-15)24(16-9-5-2-6-10-16)21(19)23-30(28,29)18-13-11-17(12-14-18)25(26)27/h1,3-4,7-8,11-14,16,19-20H,2,5-6,9-10H2/b23-21-/t19-,20-/m1/s1. The lowest BCUT2D eigenvalue weighted by Crippen LogP contribution is -2.57. The average Bonchev–Trinajstić information content (AvgIpc) is 2.77. The third kappa shape index (κ3) is 3.86. The van der Waals surface area contributed by atoms with Crippen molar-refractivity contribution in [3.05, 3.63) is 70.3 Å². The highest BCUT2D eigenvalue weighted by Crippen LogP contribution is 2.47. The van der Waals surface area contributed by atoms with Crippen LogP contribution < -0.4 is 0 Å². The number of non-ortho nitro benzene ring substituents is 1. The zero-order valence-electron chi connectivity index (χ0n) is 16.4. The van der Waals surface area contributed by atoms with E-state index in [1.807, 2.05) is 30.3 Å². The Balaban J connectivity index is 1.68. The maximum Gasteiger partial charge on any atom is 0.283 e. The fourth-order valence-electron chi connectivity index (χ4n) is 4.36. The van der Waals surface area contributed by atoms with Gasteiger partial charge in [0.2, 0.25) is 0 Å². The molecule has 30 heavy (non-hydrogen) atoms. The highest BCUT2D eigenvalue weighted by atomic mass is 32.2. The van der Waals surface area contributed by atoms with Gasteiger partial charge in [0, 0.05) is 24.0 Å². The van der Waals surface area contributed by atoms with Crippen LogP contribution in [0.3, 0.4) is 0 Å². The number of sulfonamides is 1. The Labute approximate surface area is 177 Å². The van der Waals surface area contributed by atoms with E-state index in [9.17, 15) is 18.5 Å². The maximum atomic E-state index is 12.9. The van der Waals surface area contributed by atoms with Gasteiger partial charge in [-0.25, -0.2) is 0 Å². The molecular weight excluding hydrogens is 401 g/mol. The Bertz CT molecular complexity index is 1050. The van der Waals surface area contributed by atoms with Gasteiger partial charge in [-0.05, 0) is 30.5 Å². The minimum atomic E-state index is -4.03. The topological polar surface area (TPSA) is 92.9 Å². The molecule has 2 aromatic carbocycles. The van der Waals surface area contributed by atoms with Crippen LogP contribution >= 0.6 is 0 Å². The van der Waals surface area contributed by atoms with Gasteiger partial charge < -0.3 is 4.90 Å². The molecule has 0 bridgehead atoms. The third-order valence-electron chi connectivity index (χ3n) is 5.87. The van der Waals surface area contributed by atoms with Crippen molar-refractivity contribution in [2.45, 2.75) is 54.9 Å². The second-order valence-corrected chi connectivity index (χ2v) is 9.36. The van der Waals surface area contributed by atoms with E-state index in [1.54, 1.807) is 0 Å². The summed E-state index contributed by atoms with van der Waals surface area (Å²) in [6.07, 6.45) is 5.33. The van der Waals surface area contributed by atoms with Crippen molar-refractivity contribution >= 4 is 29.4 Å². The lowest BCUT2D eigenvalue weighted by atomic mass is 9.67. The van der Waals surface area contributed by atoms with Crippen molar-refractivity contribution in [3.63, 3.8) is 0 Å². The molecule has 0 unspecified atom stereocenters. The van der Waals surface area contributed by atoms with Crippen LogP contribution in [-0.2, 0) is 10.0 Å². The van der Waals surface area contributed by atoms with Crippen LogP contribution in [0.4, 0.5) is 5.69 Å². The molecule has 1 saturated carbocycles. The van der Waals surface area contributed by atoms with Crippen molar-refractivity contribution in [2.24, 2.45) is 4.40 Å². The minimum Gasteiger partial charge on any atom is -0.350 e. The summed E-state index contributed by atoms with van der Waals surface area (Å²) in [6, 6.07) is 14.7. The molecule has 1 aliphatic heterocycles. The Morgan fingerprint density at radius 1 is 1.00 bits per heavy atom. The predicted octanol–water partition coefficient (Wildman–Crippen LogP) is 4.03. The molecule has 4 rings (SSSR count). The minimum absolute atomic E-state index is 0.0837. The average molecular weight is 423 g/mol. The van der Waals surface area contributed by atoms with Crippen LogP contribution in [0, 0.1) is 10.1 Å². The molecule has 2 aromatic rings. The van der Waals surface area contributed by atoms with Crippen molar-refractivity contribution in [2.75, 3.05) is 0 Å². The largest absolute Gasteiger partial charge is 0.350 e. The second-order valence-electron chi connectivity index (χ2n) is 7.76. The van der Waals surface area contributed by atoms with E-state index in [4.69, 9.17) is 7.85 Å². The van der Waals surface area contributed by atoms with E-state index in [0.29, 0.717) is 5.84 Å². The van der Waals surface area contributed by atoms with Gasteiger partial charge in [0.25, 0.3) is 15.7 Å². The number of nitro groups is 1. The van der Waals surface area contributed by atoms with Gasteiger partial charge in [0.15, 0.2) is 0 Å². The van der Waals surface area contributed by atoms with Crippen LogP contribution in [0.15, 0.2) is 63.9 Å². The number of hydrogen-bond donors (Lipinski definition) is 0. The van der Waals surface area contributed by atoms with Crippen LogP contribution in [0.1, 0.15) is 43.7 Å². The number of amidine groups is 1. The molecule has 2 atom stereocenters. The fourth-order valence-corrected chi connectivity index (χ4v) is 5.41. The molecule has 9 heteroatoms. The summed E-state index contributed by atoms with van der Waals surface area (Å²) in [4.78, 5) is 12.3. The number of benzene rings is 2. The van der Waals surface area contributed by atoms with E-state index >= 15 is 0 Å². The number of nitrogens with zero attached hydrogens (tertiary/aromatic N) is 3. The van der Waals surface area contributed by atoms with Crippen LogP contribution in [0.25, 0.3) is 0 Å². The Hall–Kier alpha value is -2.68. The molecule has 2 aliphatic rings. The number of nitro benzene ring substituents is 1. The Kier molecular flexibility index (Phi) is 5.64. The summed E-state index contributed by atoms with van der Waals surface area (Å²) in [5, 5.41) is 10.8. The summed E-state index contributed by atoms with van der Waals surface area (Å²) in [5.74, 6) is -0.156. The van der Waals surface area contributed by atoms with E-state index in [2.05, 4.69) is 9.30 Å². The van der Waals surface area contributed by atoms with Gasteiger partial charge in [-0.1, -0.05) is 49.6 Å². The first-order valence-corrected chi connectivity index (χ1v) is 11.5. The van der Waals surface area contributed by atoms with E-state index in [0.717, 1.165) is 31.2 Å².